The van der Waals surface area contributed by atoms with Gasteiger partial charge < -0.3 is 114 Å². The number of thioether (sulfide) groups is 1. The fourth-order valence-corrected chi connectivity index (χ4v) is 17.2. The SMILES string of the molecule is CCCC[C@H]1C(=O)N2C[C@H](O)C[C@@H]2C(=O)N[C@@H](CC(=O)O)C(=O)N[C@@H](C(C)C)C(=O)N(C)[C@H](Cc2ccccc2)C(=O)N[C@@H](CCC(N)=O)C(=O)N2C[C@H](O)C[C@@H]2C(=O)N[C@@H](Cc2c[nH]c3ccccc23)C(=O)N[C@@H](Cc2ccc(O)cc2)C(=O)N[C@H](CCC(=O)O)C(=O)N[C@H](C(=O)NCC(N)=O)CSCC(=O)N[C@H](Cc2cc(F)c(F)c(F)c2)C(=O)N(C)[C@@H](Cc2ccccc2)C(=O)N1C. The number of carboxylic acid groups (broad SMARTS) is 2. The Balaban J connectivity index is 1.15. The van der Waals surface area contributed by atoms with Gasteiger partial charge in [-0.3, -0.25) is 86.3 Å². The van der Waals surface area contributed by atoms with E-state index in [1.165, 1.54) is 58.4 Å². The van der Waals surface area contributed by atoms with Crippen molar-refractivity contribution in [1.29, 1.82) is 0 Å². The topological polar surface area (TPSA) is 601 Å². The maximum absolute atomic E-state index is 15.7. The molecule has 4 heterocycles. The average molecular weight is 1920 g/mol. The van der Waals surface area contributed by atoms with Gasteiger partial charge in [-0.2, -0.15) is 0 Å². The number of para-hydroxylation sites is 1. The van der Waals surface area contributed by atoms with Gasteiger partial charge in [0.15, 0.2) is 17.5 Å². The summed E-state index contributed by atoms with van der Waals surface area (Å²) in [7, 11) is 3.50. The Kier molecular flexibility index (Phi) is 38.3. The minimum atomic E-state index is -2.08. The number of carboxylic acids is 2. The number of aliphatic carboxylic acids is 2. The van der Waals surface area contributed by atoms with Gasteiger partial charge in [-0.15, -0.1) is 11.8 Å². The van der Waals surface area contributed by atoms with E-state index in [9.17, 15) is 73.1 Å². The van der Waals surface area contributed by atoms with E-state index in [2.05, 4.69) is 52.8 Å². The lowest BCUT2D eigenvalue weighted by atomic mass is 9.98. The molecule has 0 radical (unpaired) electrons. The van der Waals surface area contributed by atoms with Crippen LogP contribution in [0.2, 0.25) is 0 Å². The lowest BCUT2D eigenvalue weighted by molar-refractivity contribution is -0.152. The number of H-pyrrole nitrogens is 1. The minimum Gasteiger partial charge on any atom is -0.508 e. The number of carbonyl (C=O) groups excluding carboxylic acids is 16. The number of fused-ring (bicyclic) bond motifs is 3. The van der Waals surface area contributed by atoms with Crippen LogP contribution in [0.3, 0.4) is 0 Å². The van der Waals surface area contributed by atoms with Crippen LogP contribution in [0.4, 0.5) is 13.2 Å². The fraction of sp³-hybridized carbons (Fsp3) is 0.457. The second kappa shape index (κ2) is 49.3. The first kappa shape index (κ1) is 106. The number of primary amides is 2. The highest BCUT2D eigenvalue weighted by molar-refractivity contribution is 8.00. The number of benzene rings is 5. The lowest BCUT2D eigenvalue weighted by Gasteiger charge is -2.38. The van der Waals surface area contributed by atoms with Crippen molar-refractivity contribution >= 4 is 129 Å². The lowest BCUT2D eigenvalue weighted by Crippen LogP contribution is -2.62. The first-order chi connectivity index (χ1) is 64.5. The highest BCUT2D eigenvalue weighted by Gasteiger charge is 2.48. The third-order valence-electron chi connectivity index (χ3n) is 23.7. The van der Waals surface area contributed by atoms with Gasteiger partial charge in [-0.1, -0.05) is 125 Å². The number of rotatable bonds is 25. The standard InChI is InChI=1S/C92H114F3N17O23S/c1-7-8-23-68-91(134)112-45-56(115)40-71(112)87(130)105-65(41-77(121)122)84(127)107-79(48(2)3)92(135)109(5)69(36-49-17-11-9-12-18-49)85(128)102-62(28-30-73(96)116)89(132)111-44-55(114)39-70(111)86(129)104-64(38-53-42-98-60-22-16-15-21-57(53)60)83(126)103-63(34-51-24-26-54(113)27-25-51)82(125)101-61(29-31-76(119)120)81(124)106-67(80(123)99-43-74(97)117)46-136-47-75(118)100-66(35-52-32-58(93)78(95)59(94)33-52)88(131)110(6)72(90(133)108(68)4)37-50-19-13-10-14-20-50/h9-22,24-27,32-33,42,48,55-56,61-72,79,98,113-115H,7-8,23,28-31,34-41,43-47H2,1-6H3,(H2,96,116)(H2,97,117)(H,99,123)(H,100,118)(H,101,125)(H,102,128)(H,103,126)(H,104,129)(H,105,130)(H,106,124)(H,107,127)(H,119,120)(H,121,122)/t55-,56-,61-,62+,63+,64+,65+,66-,67+,68+,69-,70-,71-,72+,79+/m1/s1. The molecule has 40 nitrogen and oxygen atoms in total. The number of phenolic OH excluding ortho intramolecular Hbond substituents is 1. The molecule has 44 heteroatoms. The molecule has 0 spiro atoms. The minimum absolute atomic E-state index is 0.167. The average Bonchev–Trinajstić information content (AvgIpc) is 1.78. The van der Waals surface area contributed by atoms with E-state index in [-0.39, 0.29) is 37.0 Å². The zero-order valence-electron chi connectivity index (χ0n) is 75.5. The number of nitrogens with one attached hydrogen (secondary N) is 10. The summed E-state index contributed by atoms with van der Waals surface area (Å²) in [5.74, 6) is -29.2. The predicted octanol–water partition coefficient (Wildman–Crippen LogP) is -1.11. The van der Waals surface area contributed by atoms with Crippen LogP contribution in [0.25, 0.3) is 10.9 Å². The van der Waals surface area contributed by atoms with Crippen LogP contribution in [0, 0.1) is 23.4 Å². The maximum atomic E-state index is 15.7. The molecule has 136 heavy (non-hydrogen) atoms. The van der Waals surface area contributed by atoms with Crippen LogP contribution in [0.15, 0.2) is 128 Å². The van der Waals surface area contributed by atoms with Crippen LogP contribution in [0.5, 0.6) is 5.75 Å². The van der Waals surface area contributed by atoms with Gasteiger partial charge >= 0.3 is 11.9 Å². The zero-order chi connectivity index (χ0) is 99.6. The molecule has 5 aromatic carbocycles. The van der Waals surface area contributed by atoms with Crippen molar-refractivity contribution in [1.82, 2.24) is 77.3 Å². The van der Waals surface area contributed by atoms with Crippen molar-refractivity contribution in [2.45, 2.75) is 208 Å². The summed E-state index contributed by atoms with van der Waals surface area (Å²) in [5, 5.41) is 76.5. The second-order valence-corrected chi connectivity index (χ2v) is 35.2. The van der Waals surface area contributed by atoms with Crippen molar-refractivity contribution in [2.75, 3.05) is 52.3 Å². The molecule has 3 fully saturated rings. The molecule has 1 aromatic heterocycles. The monoisotopic (exact) mass is 1910 g/mol. The molecular formula is C92H114F3N17O23S. The highest BCUT2D eigenvalue weighted by Crippen LogP contribution is 2.29. The molecule has 732 valence electrons. The number of likely N-dealkylation sites (N-methyl/N-ethyl adjacent to an activating group) is 3. The number of nitrogens with zero attached hydrogens (tertiary/aromatic N) is 5. The second-order valence-electron chi connectivity index (χ2n) is 34.2. The molecule has 0 unspecified atom stereocenters. The summed E-state index contributed by atoms with van der Waals surface area (Å²) in [5.41, 5.74) is 12.6. The molecule has 19 N–H and O–H groups in total. The van der Waals surface area contributed by atoms with Gasteiger partial charge in [-0.25, -0.2) is 13.2 Å². The first-order valence-electron chi connectivity index (χ1n) is 44.1. The Bertz CT molecular complexity index is 5350. The van der Waals surface area contributed by atoms with E-state index in [4.69, 9.17) is 11.5 Å². The molecule has 0 bridgehead atoms. The van der Waals surface area contributed by atoms with Gasteiger partial charge in [0.05, 0.1) is 30.9 Å². The summed E-state index contributed by atoms with van der Waals surface area (Å²) < 4.78 is 45.1. The van der Waals surface area contributed by atoms with Crippen molar-refractivity contribution in [3.8, 4) is 5.75 Å². The van der Waals surface area contributed by atoms with Crippen molar-refractivity contribution in [2.24, 2.45) is 17.4 Å². The number of halogens is 3. The number of aromatic amines is 1. The molecule has 16 amide bonds. The summed E-state index contributed by atoms with van der Waals surface area (Å²) in [6.45, 7) is 2.61. The summed E-state index contributed by atoms with van der Waals surface area (Å²) >= 11 is 0.554. The van der Waals surface area contributed by atoms with Crippen molar-refractivity contribution in [3.05, 3.63) is 173 Å². The highest BCUT2D eigenvalue weighted by atomic mass is 32.2. The van der Waals surface area contributed by atoms with Crippen LogP contribution >= 0.6 is 11.8 Å². The molecule has 0 saturated carbocycles. The van der Waals surface area contributed by atoms with Crippen LogP contribution in [-0.2, 0) is 118 Å². The number of aromatic nitrogens is 1. The number of hydrogen-bond acceptors (Lipinski definition) is 22. The van der Waals surface area contributed by atoms with E-state index >= 15 is 51.9 Å². The molecule has 3 aliphatic rings. The number of nitrogens with two attached hydrogens (primary N) is 2. The first-order valence-corrected chi connectivity index (χ1v) is 45.3. The number of aliphatic hydroxyl groups excluding tert-OH is 2. The Morgan fingerprint density at radius 1 is 0.493 bits per heavy atom. The van der Waals surface area contributed by atoms with E-state index in [0.717, 1.165) is 31.5 Å². The Morgan fingerprint density at radius 3 is 1.57 bits per heavy atom. The normalized spacial score (nSPS) is 24.3. The van der Waals surface area contributed by atoms with Crippen LogP contribution in [-0.4, -0.2) is 305 Å². The summed E-state index contributed by atoms with van der Waals surface area (Å²) in [6.07, 6.45) is -8.65. The van der Waals surface area contributed by atoms with E-state index in [0.29, 0.717) is 57.9 Å². The van der Waals surface area contributed by atoms with Crippen LogP contribution < -0.4 is 59.3 Å². The molecular weight excluding hydrogens is 1800 g/mol. The quantitative estimate of drug-likeness (QED) is 0.0302. The van der Waals surface area contributed by atoms with Gasteiger partial charge in [0.2, 0.25) is 94.5 Å². The smallest absolute Gasteiger partial charge is 0.305 e. The maximum Gasteiger partial charge on any atom is 0.305 e. The number of carbonyl (C=O) groups is 18. The molecule has 6 aromatic rings. The van der Waals surface area contributed by atoms with Gasteiger partial charge in [0.1, 0.15) is 84.3 Å². The van der Waals surface area contributed by atoms with E-state index in [1.807, 2.05) is 0 Å². The third-order valence-corrected chi connectivity index (χ3v) is 24.7. The third kappa shape index (κ3) is 29.2. The summed E-state index contributed by atoms with van der Waals surface area (Å²) in [4.78, 5) is 270. The van der Waals surface area contributed by atoms with Gasteiger partial charge in [0, 0.05) is 115 Å². The van der Waals surface area contributed by atoms with Gasteiger partial charge in [-0.05, 0) is 83.3 Å². The molecule has 3 saturated heterocycles. The predicted molar refractivity (Wildman–Crippen MR) is 483 cm³/mol. The fourth-order valence-electron chi connectivity index (χ4n) is 16.3. The number of aliphatic hydroxyl groups is 2. The molecule has 3 aliphatic heterocycles. The number of hydrogen-bond donors (Lipinski definition) is 17. The van der Waals surface area contributed by atoms with Crippen LogP contribution in [0.1, 0.15) is 113 Å². The summed E-state index contributed by atoms with van der Waals surface area (Å²) in [6, 6.07) is 5.50. The Morgan fingerprint density at radius 2 is 0.993 bits per heavy atom. The number of unbranched alkanes of at least 4 members (excludes halogenated alkanes) is 1. The molecule has 15 atom stereocenters. The number of phenols is 1. The van der Waals surface area contributed by atoms with E-state index in [1.54, 1.807) is 91.9 Å². The van der Waals surface area contributed by atoms with E-state index < -0.39 is 321 Å². The number of amides is 16. The number of aromatic hydroxyl groups is 1. The largest absolute Gasteiger partial charge is 0.508 e. The molecule has 9 rings (SSSR count). The Labute approximate surface area is 783 Å². The van der Waals surface area contributed by atoms with Crippen molar-refractivity contribution < 1.29 is 125 Å². The zero-order valence-corrected chi connectivity index (χ0v) is 76.3. The molecule has 0 aliphatic carbocycles. The Hall–Kier alpha value is -14.0. The van der Waals surface area contributed by atoms with Crippen molar-refractivity contribution in [3.63, 3.8) is 0 Å². The van der Waals surface area contributed by atoms with Gasteiger partial charge in [0.25, 0.3) is 0 Å².